The Morgan fingerprint density at radius 1 is 1.05 bits per heavy atom. The van der Waals surface area contributed by atoms with Crippen molar-refractivity contribution in [3.63, 3.8) is 0 Å². The molecule has 1 unspecified atom stereocenters. The van der Waals surface area contributed by atoms with Crippen molar-refractivity contribution in [3.8, 4) is 11.1 Å². The van der Waals surface area contributed by atoms with E-state index < -0.39 is 17.7 Å². The van der Waals surface area contributed by atoms with Gasteiger partial charge in [-0.15, -0.1) is 0 Å². The number of aliphatic carboxylic acids is 1. The fourth-order valence-corrected chi connectivity index (χ4v) is 5.06. The van der Waals surface area contributed by atoms with Crippen LogP contribution in [0, 0.1) is 12.8 Å². The molecule has 0 fully saturated rings. The van der Waals surface area contributed by atoms with E-state index in [0.717, 1.165) is 29.6 Å². The molecular formula is C30H29ClF3N3O3. The number of benzene rings is 3. The first-order chi connectivity index (χ1) is 18.9. The fraction of sp³-hybridized carbons (Fsp3) is 0.300. The van der Waals surface area contributed by atoms with E-state index in [4.69, 9.17) is 16.7 Å². The second-order valence-corrected chi connectivity index (χ2v) is 10.5. The molecule has 4 aromatic rings. The van der Waals surface area contributed by atoms with Crippen LogP contribution < -0.4 is 5.32 Å². The number of carboxylic acids is 1. The van der Waals surface area contributed by atoms with Gasteiger partial charge in [-0.1, -0.05) is 49.7 Å². The summed E-state index contributed by atoms with van der Waals surface area (Å²) in [6.07, 6.45) is -2.17. The molecule has 6 nitrogen and oxygen atoms in total. The zero-order valence-corrected chi connectivity index (χ0v) is 23.0. The molecule has 1 amide bonds. The number of carbonyl (C=O) groups is 2. The van der Waals surface area contributed by atoms with Gasteiger partial charge in [-0.05, 0) is 66.3 Å². The Morgan fingerprint density at radius 2 is 1.73 bits per heavy atom. The van der Waals surface area contributed by atoms with Crippen LogP contribution in [-0.2, 0) is 11.0 Å². The maximum atomic E-state index is 13.2. The van der Waals surface area contributed by atoms with Gasteiger partial charge in [0.05, 0.1) is 34.8 Å². The molecule has 2 N–H and O–H groups in total. The van der Waals surface area contributed by atoms with Crippen molar-refractivity contribution in [1.29, 1.82) is 0 Å². The molecule has 0 bridgehead atoms. The lowest BCUT2D eigenvalue weighted by atomic mass is 9.95. The van der Waals surface area contributed by atoms with Crippen molar-refractivity contribution in [2.24, 2.45) is 5.92 Å². The van der Waals surface area contributed by atoms with Crippen LogP contribution >= 0.6 is 11.6 Å². The molecule has 1 aromatic heterocycles. The number of hydrogen-bond acceptors (Lipinski definition) is 3. The number of carbonyl (C=O) groups excluding carboxylic acids is 1. The van der Waals surface area contributed by atoms with Gasteiger partial charge in [0.15, 0.2) is 0 Å². The summed E-state index contributed by atoms with van der Waals surface area (Å²) >= 11 is 6.81. The summed E-state index contributed by atoms with van der Waals surface area (Å²) in [5.74, 6) is -1.02. The molecule has 0 aliphatic rings. The van der Waals surface area contributed by atoms with Crippen molar-refractivity contribution >= 4 is 34.4 Å². The number of aryl methyl sites for hydroxylation is 1. The second kappa shape index (κ2) is 11.7. The molecule has 4 rings (SSSR count). The van der Waals surface area contributed by atoms with E-state index in [2.05, 4.69) is 24.3 Å². The third-order valence-electron chi connectivity index (χ3n) is 6.73. The van der Waals surface area contributed by atoms with Gasteiger partial charge in [0.2, 0.25) is 0 Å². The van der Waals surface area contributed by atoms with Crippen LogP contribution in [0.4, 0.5) is 13.2 Å². The third kappa shape index (κ3) is 6.31. The van der Waals surface area contributed by atoms with Crippen LogP contribution in [0.25, 0.3) is 22.0 Å². The summed E-state index contributed by atoms with van der Waals surface area (Å²) in [6, 6.07) is 14.2. The molecule has 3 aromatic carbocycles. The van der Waals surface area contributed by atoms with E-state index in [1.807, 2.05) is 22.9 Å². The molecule has 1 heterocycles. The van der Waals surface area contributed by atoms with Gasteiger partial charge in [0.25, 0.3) is 5.91 Å². The van der Waals surface area contributed by atoms with Gasteiger partial charge in [-0.3, -0.25) is 14.3 Å². The van der Waals surface area contributed by atoms with E-state index in [1.165, 1.54) is 6.07 Å². The minimum Gasteiger partial charge on any atom is -0.481 e. The first-order valence-electron chi connectivity index (χ1n) is 12.8. The van der Waals surface area contributed by atoms with Gasteiger partial charge in [-0.25, -0.2) is 0 Å². The summed E-state index contributed by atoms with van der Waals surface area (Å²) in [6.45, 7) is 5.87. The number of nitrogens with zero attached hydrogens (tertiary/aromatic N) is 2. The number of rotatable bonds is 9. The van der Waals surface area contributed by atoms with Crippen LogP contribution in [0.15, 0.2) is 60.8 Å². The molecule has 10 heteroatoms. The van der Waals surface area contributed by atoms with E-state index in [0.29, 0.717) is 38.6 Å². The predicted molar refractivity (Wildman–Crippen MR) is 149 cm³/mol. The highest BCUT2D eigenvalue weighted by Gasteiger charge is 2.31. The quantitative estimate of drug-likeness (QED) is 0.217. The van der Waals surface area contributed by atoms with Crippen molar-refractivity contribution in [2.75, 3.05) is 6.54 Å². The molecule has 40 heavy (non-hydrogen) atoms. The highest BCUT2D eigenvalue weighted by atomic mass is 35.5. The highest BCUT2D eigenvalue weighted by molar-refractivity contribution is 6.38. The summed E-state index contributed by atoms with van der Waals surface area (Å²) in [5.41, 5.74) is 3.12. The van der Waals surface area contributed by atoms with Gasteiger partial charge in [0, 0.05) is 23.1 Å². The first-order valence-corrected chi connectivity index (χ1v) is 13.2. The molecule has 0 saturated carbocycles. The minimum atomic E-state index is -4.42. The number of fused-ring (bicyclic) bond motifs is 1. The monoisotopic (exact) mass is 571 g/mol. The second-order valence-electron chi connectivity index (χ2n) is 10.1. The van der Waals surface area contributed by atoms with E-state index >= 15 is 0 Å². The van der Waals surface area contributed by atoms with E-state index in [9.17, 15) is 22.8 Å². The van der Waals surface area contributed by atoms with E-state index in [-0.39, 0.29) is 24.9 Å². The van der Waals surface area contributed by atoms with Crippen LogP contribution in [0.2, 0.25) is 5.02 Å². The van der Waals surface area contributed by atoms with Crippen LogP contribution in [-0.4, -0.2) is 33.3 Å². The van der Waals surface area contributed by atoms with Gasteiger partial charge < -0.3 is 10.4 Å². The Hall–Kier alpha value is -3.85. The molecule has 0 aliphatic carbocycles. The summed E-state index contributed by atoms with van der Waals surface area (Å²) in [4.78, 5) is 23.1. The Bertz CT molecular complexity index is 1550. The largest absolute Gasteiger partial charge is 0.481 e. The summed E-state index contributed by atoms with van der Waals surface area (Å²) in [5, 5.41) is 17.1. The SMILES string of the molecule is Cc1cc(C(F)(F)F)ccc1-c1ccc2c(cnn2C(CC(C)C)c2ccc(C(=O)NCCC(=O)O)cc2)c1Cl. The smallest absolute Gasteiger partial charge is 0.416 e. The number of carboxylic acid groups (broad SMARTS) is 1. The van der Waals surface area contributed by atoms with Crippen molar-refractivity contribution < 1.29 is 27.9 Å². The topological polar surface area (TPSA) is 84.2 Å². The standard InChI is InChI=1S/C30H29ClF3N3O3/c1-17(2)14-26(19-4-6-20(7-5-19)29(40)35-13-12-27(38)39)37-25-11-10-23(28(31)24(25)16-36-37)22-9-8-21(15-18(22)3)30(32,33)34/h4-11,15-17,26H,12-14H2,1-3H3,(H,35,40)(H,38,39). The Balaban J connectivity index is 1.67. The number of aromatic nitrogens is 2. The third-order valence-corrected chi connectivity index (χ3v) is 7.14. The normalized spacial score (nSPS) is 12.6. The molecule has 1 atom stereocenters. The number of nitrogens with one attached hydrogen (secondary N) is 1. The average molecular weight is 572 g/mol. The predicted octanol–water partition coefficient (Wildman–Crippen LogP) is 7.52. The van der Waals surface area contributed by atoms with Gasteiger partial charge in [0.1, 0.15) is 0 Å². The molecule has 0 radical (unpaired) electrons. The van der Waals surface area contributed by atoms with Crippen LogP contribution in [0.5, 0.6) is 0 Å². The average Bonchev–Trinajstić information content (AvgIpc) is 3.32. The minimum absolute atomic E-state index is 0.0416. The fourth-order valence-electron chi connectivity index (χ4n) is 4.75. The number of halogens is 4. The van der Waals surface area contributed by atoms with Crippen LogP contribution in [0.1, 0.15) is 59.8 Å². The van der Waals surface area contributed by atoms with Crippen molar-refractivity contribution in [1.82, 2.24) is 15.1 Å². The van der Waals surface area contributed by atoms with Gasteiger partial charge >= 0.3 is 12.1 Å². The van der Waals surface area contributed by atoms with Gasteiger partial charge in [-0.2, -0.15) is 18.3 Å². The van der Waals surface area contributed by atoms with Crippen molar-refractivity contribution in [2.45, 2.75) is 45.8 Å². The molecular weight excluding hydrogens is 543 g/mol. The van der Waals surface area contributed by atoms with Crippen molar-refractivity contribution in [3.05, 3.63) is 88.1 Å². The lowest BCUT2D eigenvalue weighted by Gasteiger charge is -2.22. The molecule has 0 saturated heterocycles. The maximum Gasteiger partial charge on any atom is 0.416 e. The Morgan fingerprint density at radius 3 is 2.33 bits per heavy atom. The summed E-state index contributed by atoms with van der Waals surface area (Å²) < 4.78 is 41.4. The lowest BCUT2D eigenvalue weighted by molar-refractivity contribution is -0.138. The lowest BCUT2D eigenvalue weighted by Crippen LogP contribution is -2.26. The Kier molecular flexibility index (Phi) is 8.54. The zero-order valence-electron chi connectivity index (χ0n) is 22.2. The number of amides is 1. The molecule has 210 valence electrons. The number of hydrogen-bond donors (Lipinski definition) is 2. The first kappa shape index (κ1) is 29.1. The maximum absolute atomic E-state index is 13.2. The number of alkyl halides is 3. The molecule has 0 spiro atoms. The van der Waals surface area contributed by atoms with Crippen LogP contribution in [0.3, 0.4) is 0 Å². The Labute approximate surface area is 234 Å². The van der Waals surface area contributed by atoms with E-state index in [1.54, 1.807) is 31.3 Å². The molecule has 0 aliphatic heterocycles. The summed E-state index contributed by atoms with van der Waals surface area (Å²) in [7, 11) is 0. The zero-order chi connectivity index (χ0) is 29.2. The highest BCUT2D eigenvalue weighted by Crippen LogP contribution is 2.39.